The summed E-state index contributed by atoms with van der Waals surface area (Å²) in [6.07, 6.45) is 3.67. The number of hydrogen-bond acceptors (Lipinski definition) is 4. The van der Waals surface area contributed by atoms with E-state index in [-0.39, 0.29) is 11.7 Å². The minimum Gasteiger partial charge on any atom is -0.490 e. The molecule has 1 fully saturated rings. The molecule has 2 aromatic rings. The third kappa shape index (κ3) is 4.96. The highest BCUT2D eigenvalue weighted by Crippen LogP contribution is 2.40. The van der Waals surface area contributed by atoms with Crippen LogP contribution < -0.4 is 9.47 Å². The first-order valence-corrected chi connectivity index (χ1v) is 11.6. The third-order valence-electron chi connectivity index (χ3n) is 6.59. The fourth-order valence-corrected chi connectivity index (χ4v) is 4.98. The fraction of sp³-hybridized carbons (Fsp3) is 0.500. The molecule has 4 rings (SSSR count). The first-order chi connectivity index (χ1) is 15.5. The van der Waals surface area contributed by atoms with Crippen molar-refractivity contribution in [2.75, 3.05) is 26.3 Å². The standard InChI is InChI=1S/C26H31F2NO3/c1-3-31-24-14-19-13-20(26(30)21(19)15-25(24)32-4-2)11-17-7-9-29(10-8-17)16-18-5-6-22(27)23(28)12-18/h5-6,12,14-15,17,20H,3-4,7-11,13,16H2,1-2H3. The number of likely N-dealkylation sites (tertiary alicyclic amines) is 1. The summed E-state index contributed by atoms with van der Waals surface area (Å²) in [4.78, 5) is 15.4. The SMILES string of the molecule is CCOc1cc2c(cc1OCC)C(=O)C(CC1CCN(Cc3ccc(F)c(F)c3)CC1)C2. The van der Waals surface area contributed by atoms with Gasteiger partial charge in [-0.25, -0.2) is 8.78 Å². The van der Waals surface area contributed by atoms with E-state index in [1.54, 1.807) is 6.07 Å². The Labute approximate surface area is 188 Å². The van der Waals surface area contributed by atoms with Gasteiger partial charge in [-0.15, -0.1) is 0 Å². The molecule has 32 heavy (non-hydrogen) atoms. The zero-order chi connectivity index (χ0) is 22.7. The van der Waals surface area contributed by atoms with Gasteiger partial charge in [0.2, 0.25) is 0 Å². The smallest absolute Gasteiger partial charge is 0.166 e. The summed E-state index contributed by atoms with van der Waals surface area (Å²) in [7, 11) is 0. The molecule has 0 bridgehead atoms. The van der Waals surface area contributed by atoms with Gasteiger partial charge in [-0.1, -0.05) is 6.07 Å². The van der Waals surface area contributed by atoms with Crippen LogP contribution in [-0.4, -0.2) is 37.0 Å². The predicted octanol–water partition coefficient (Wildman–Crippen LogP) is 5.42. The summed E-state index contributed by atoms with van der Waals surface area (Å²) >= 11 is 0. The highest BCUT2D eigenvalue weighted by atomic mass is 19.2. The molecule has 1 atom stereocenters. The van der Waals surface area contributed by atoms with Gasteiger partial charge >= 0.3 is 0 Å². The molecule has 0 spiro atoms. The lowest BCUT2D eigenvalue weighted by Gasteiger charge is -2.33. The Morgan fingerprint density at radius 1 is 0.969 bits per heavy atom. The lowest BCUT2D eigenvalue weighted by molar-refractivity contribution is 0.0895. The molecule has 0 aromatic heterocycles. The summed E-state index contributed by atoms with van der Waals surface area (Å²) in [5, 5.41) is 0. The number of carbonyl (C=O) groups is 1. The molecule has 1 unspecified atom stereocenters. The first kappa shape index (κ1) is 22.7. The number of nitrogens with zero attached hydrogens (tertiary/aromatic N) is 1. The Morgan fingerprint density at radius 3 is 2.31 bits per heavy atom. The monoisotopic (exact) mass is 443 g/mol. The van der Waals surface area contributed by atoms with E-state index in [2.05, 4.69) is 4.90 Å². The maximum atomic E-state index is 13.5. The normalized spacial score (nSPS) is 19.2. The van der Waals surface area contributed by atoms with Crippen LogP contribution in [0.1, 0.15) is 54.6 Å². The second-order valence-electron chi connectivity index (χ2n) is 8.79. The molecule has 0 amide bonds. The van der Waals surface area contributed by atoms with Gasteiger partial charge in [0.1, 0.15) is 0 Å². The third-order valence-corrected chi connectivity index (χ3v) is 6.59. The molecular formula is C26H31F2NO3. The van der Waals surface area contributed by atoms with Crippen molar-refractivity contribution < 1.29 is 23.0 Å². The van der Waals surface area contributed by atoms with Crippen molar-refractivity contribution >= 4 is 5.78 Å². The van der Waals surface area contributed by atoms with E-state index in [0.717, 1.165) is 55.5 Å². The number of fused-ring (bicyclic) bond motifs is 1. The van der Waals surface area contributed by atoms with Crippen LogP contribution in [0.3, 0.4) is 0 Å². The Bertz CT molecular complexity index is 970. The molecule has 0 N–H and O–H groups in total. The highest BCUT2D eigenvalue weighted by molar-refractivity contribution is 6.02. The van der Waals surface area contributed by atoms with Crippen molar-refractivity contribution in [2.45, 2.75) is 46.1 Å². The minimum atomic E-state index is -0.809. The summed E-state index contributed by atoms with van der Waals surface area (Å²) < 4.78 is 38.0. The van der Waals surface area contributed by atoms with Crippen molar-refractivity contribution in [3.8, 4) is 11.5 Å². The van der Waals surface area contributed by atoms with Crippen molar-refractivity contribution in [3.63, 3.8) is 0 Å². The van der Waals surface area contributed by atoms with Crippen molar-refractivity contribution in [2.24, 2.45) is 11.8 Å². The Kier molecular flexibility index (Phi) is 7.09. The molecule has 1 heterocycles. The number of Topliss-reactive ketones (excluding diaryl/α,β-unsaturated/α-hetero) is 1. The van der Waals surface area contributed by atoms with E-state index in [1.807, 2.05) is 26.0 Å². The van der Waals surface area contributed by atoms with Crippen LogP contribution in [0.2, 0.25) is 0 Å². The number of hydrogen-bond donors (Lipinski definition) is 0. The van der Waals surface area contributed by atoms with Crippen LogP contribution in [0.15, 0.2) is 30.3 Å². The molecule has 1 aliphatic heterocycles. The van der Waals surface area contributed by atoms with Gasteiger partial charge in [0.25, 0.3) is 0 Å². The molecular weight excluding hydrogens is 412 g/mol. The highest BCUT2D eigenvalue weighted by Gasteiger charge is 2.34. The van der Waals surface area contributed by atoms with E-state index in [4.69, 9.17) is 9.47 Å². The second kappa shape index (κ2) is 9.99. The minimum absolute atomic E-state index is 0.0131. The Hall–Kier alpha value is -2.47. The zero-order valence-corrected chi connectivity index (χ0v) is 18.8. The molecule has 2 aromatic carbocycles. The number of benzene rings is 2. The van der Waals surface area contributed by atoms with Crippen molar-refractivity contribution in [1.82, 2.24) is 4.90 Å². The summed E-state index contributed by atoms with van der Waals surface area (Å²) in [6, 6.07) is 7.95. The van der Waals surface area contributed by atoms with Crippen LogP contribution in [0, 0.1) is 23.5 Å². The van der Waals surface area contributed by atoms with Crippen molar-refractivity contribution in [1.29, 1.82) is 0 Å². The average Bonchev–Trinajstić information content (AvgIpc) is 3.07. The zero-order valence-electron chi connectivity index (χ0n) is 18.8. The number of rotatable bonds is 8. The number of carbonyl (C=O) groups excluding carboxylic acids is 1. The van der Waals surface area contributed by atoms with Gasteiger partial charge in [-0.05, 0) is 93.9 Å². The van der Waals surface area contributed by atoms with E-state index < -0.39 is 11.6 Å². The molecule has 1 aliphatic carbocycles. The lowest BCUT2D eigenvalue weighted by Crippen LogP contribution is -2.34. The summed E-state index contributed by atoms with van der Waals surface area (Å²) in [5.74, 6) is 0.484. The molecule has 6 heteroatoms. The Balaban J connectivity index is 1.34. The van der Waals surface area contributed by atoms with Gasteiger partial charge in [0, 0.05) is 18.0 Å². The maximum Gasteiger partial charge on any atom is 0.166 e. The van der Waals surface area contributed by atoms with Crippen LogP contribution in [0.5, 0.6) is 11.5 Å². The predicted molar refractivity (Wildman–Crippen MR) is 119 cm³/mol. The molecule has 1 saturated heterocycles. The van der Waals surface area contributed by atoms with E-state index in [1.165, 1.54) is 12.1 Å². The molecule has 172 valence electrons. The largest absolute Gasteiger partial charge is 0.490 e. The maximum absolute atomic E-state index is 13.5. The lowest BCUT2D eigenvalue weighted by atomic mass is 9.85. The van der Waals surface area contributed by atoms with E-state index in [0.29, 0.717) is 37.2 Å². The second-order valence-corrected chi connectivity index (χ2v) is 8.79. The summed E-state index contributed by atoms with van der Waals surface area (Å²) in [5.41, 5.74) is 2.62. The molecule has 0 saturated carbocycles. The quantitative estimate of drug-likeness (QED) is 0.546. The average molecular weight is 444 g/mol. The van der Waals surface area contributed by atoms with Gasteiger partial charge in [0.05, 0.1) is 13.2 Å². The topological polar surface area (TPSA) is 38.8 Å². The van der Waals surface area contributed by atoms with E-state index in [9.17, 15) is 13.6 Å². The van der Waals surface area contributed by atoms with E-state index >= 15 is 0 Å². The molecule has 4 nitrogen and oxygen atoms in total. The van der Waals surface area contributed by atoms with Crippen molar-refractivity contribution in [3.05, 3.63) is 58.7 Å². The van der Waals surface area contributed by atoms with Gasteiger partial charge in [-0.2, -0.15) is 0 Å². The first-order valence-electron chi connectivity index (χ1n) is 11.6. The van der Waals surface area contributed by atoms with Gasteiger partial charge < -0.3 is 9.47 Å². The van der Waals surface area contributed by atoms with Crippen LogP contribution in [-0.2, 0) is 13.0 Å². The van der Waals surface area contributed by atoms with Crippen LogP contribution in [0.25, 0.3) is 0 Å². The summed E-state index contributed by atoms with van der Waals surface area (Å²) in [6.45, 7) is 7.38. The van der Waals surface area contributed by atoms with Gasteiger partial charge in [-0.3, -0.25) is 9.69 Å². The Morgan fingerprint density at radius 2 is 1.66 bits per heavy atom. The van der Waals surface area contributed by atoms with Crippen LogP contribution >= 0.6 is 0 Å². The fourth-order valence-electron chi connectivity index (χ4n) is 4.98. The van der Waals surface area contributed by atoms with Gasteiger partial charge in [0.15, 0.2) is 28.9 Å². The molecule has 2 aliphatic rings. The van der Waals surface area contributed by atoms with Crippen LogP contribution in [0.4, 0.5) is 8.78 Å². The number of halogens is 2. The number of piperidine rings is 1. The number of ketones is 1. The number of ether oxygens (including phenoxy) is 2. The molecule has 0 radical (unpaired) electrons.